The Labute approximate surface area is 141 Å². The third kappa shape index (κ3) is 4.78. The molecule has 5 nitrogen and oxygen atoms in total. The molecular formula is C19H20N2O3. The minimum absolute atomic E-state index is 0.0148. The number of benzene rings is 2. The Morgan fingerprint density at radius 3 is 2.25 bits per heavy atom. The van der Waals surface area contributed by atoms with Gasteiger partial charge in [-0.05, 0) is 25.5 Å². The summed E-state index contributed by atoms with van der Waals surface area (Å²) < 4.78 is 0. The maximum atomic E-state index is 12.0. The molecular weight excluding hydrogens is 304 g/mol. The fourth-order valence-electron chi connectivity index (χ4n) is 2.32. The monoisotopic (exact) mass is 324 g/mol. The number of hydrazine groups is 1. The number of rotatable bonds is 5. The number of ketones is 1. The van der Waals surface area contributed by atoms with Gasteiger partial charge in [0.1, 0.15) is 0 Å². The van der Waals surface area contributed by atoms with Crippen LogP contribution in [-0.4, -0.2) is 17.6 Å². The normalized spacial score (nSPS) is 10.1. The number of Topliss-reactive ketones (excluding diaryl/α,β-unsaturated/α-hetero) is 1. The second-order valence-electron chi connectivity index (χ2n) is 5.61. The van der Waals surface area contributed by atoms with Crippen molar-refractivity contribution in [1.29, 1.82) is 0 Å². The van der Waals surface area contributed by atoms with Gasteiger partial charge in [-0.15, -0.1) is 0 Å². The fourth-order valence-corrected chi connectivity index (χ4v) is 2.32. The Bertz CT molecular complexity index is 754. The first kappa shape index (κ1) is 17.4. The van der Waals surface area contributed by atoms with Crippen LogP contribution in [0.25, 0.3) is 0 Å². The number of hydrogen-bond donors (Lipinski definition) is 2. The molecule has 2 N–H and O–H groups in total. The van der Waals surface area contributed by atoms with E-state index in [1.165, 1.54) is 0 Å². The van der Waals surface area contributed by atoms with Crippen LogP contribution in [0.4, 0.5) is 0 Å². The first-order chi connectivity index (χ1) is 11.5. The number of carbonyl (C=O) groups excluding carboxylic acids is 3. The van der Waals surface area contributed by atoms with E-state index in [2.05, 4.69) is 10.9 Å². The van der Waals surface area contributed by atoms with Gasteiger partial charge in [-0.1, -0.05) is 48.0 Å². The molecule has 0 unspecified atom stereocenters. The summed E-state index contributed by atoms with van der Waals surface area (Å²) in [7, 11) is 0. The highest BCUT2D eigenvalue weighted by molar-refractivity contribution is 5.99. The summed E-state index contributed by atoms with van der Waals surface area (Å²) in [6, 6.07) is 14.2. The minimum atomic E-state index is -0.405. The highest BCUT2D eigenvalue weighted by Gasteiger charge is 2.12. The van der Waals surface area contributed by atoms with Crippen molar-refractivity contribution < 1.29 is 14.4 Å². The highest BCUT2D eigenvalue weighted by Crippen LogP contribution is 2.10. The van der Waals surface area contributed by atoms with Crippen molar-refractivity contribution in [3.63, 3.8) is 0 Å². The third-order valence-corrected chi connectivity index (χ3v) is 3.62. The van der Waals surface area contributed by atoms with Crippen molar-refractivity contribution in [2.75, 3.05) is 0 Å². The molecule has 0 heterocycles. The molecule has 24 heavy (non-hydrogen) atoms. The van der Waals surface area contributed by atoms with Crippen LogP contribution in [0.5, 0.6) is 0 Å². The van der Waals surface area contributed by atoms with Gasteiger partial charge in [0.05, 0.1) is 0 Å². The Morgan fingerprint density at radius 2 is 1.58 bits per heavy atom. The van der Waals surface area contributed by atoms with Crippen molar-refractivity contribution in [3.05, 3.63) is 70.8 Å². The number of hydrogen-bond acceptors (Lipinski definition) is 3. The van der Waals surface area contributed by atoms with Gasteiger partial charge in [0.25, 0.3) is 5.91 Å². The molecule has 0 spiro atoms. The van der Waals surface area contributed by atoms with E-state index in [4.69, 9.17) is 0 Å². The molecule has 0 aliphatic rings. The van der Waals surface area contributed by atoms with Gasteiger partial charge >= 0.3 is 0 Å². The number of amides is 2. The van der Waals surface area contributed by atoms with Gasteiger partial charge in [0.2, 0.25) is 5.91 Å². The Morgan fingerprint density at radius 1 is 0.875 bits per heavy atom. The van der Waals surface area contributed by atoms with Crippen molar-refractivity contribution in [3.8, 4) is 0 Å². The molecule has 0 fully saturated rings. The molecule has 2 rings (SSSR count). The highest BCUT2D eigenvalue weighted by atomic mass is 16.2. The zero-order chi connectivity index (χ0) is 17.5. The van der Waals surface area contributed by atoms with Crippen LogP contribution in [0.15, 0.2) is 48.5 Å². The first-order valence-corrected chi connectivity index (χ1v) is 7.72. The second-order valence-corrected chi connectivity index (χ2v) is 5.61. The lowest BCUT2D eigenvalue weighted by atomic mass is 10.1. The lowest BCUT2D eigenvalue weighted by Gasteiger charge is -2.09. The minimum Gasteiger partial charge on any atom is -0.294 e. The summed E-state index contributed by atoms with van der Waals surface area (Å²) >= 11 is 0. The Balaban J connectivity index is 1.80. The van der Waals surface area contributed by atoms with Crippen molar-refractivity contribution >= 4 is 17.6 Å². The van der Waals surface area contributed by atoms with E-state index >= 15 is 0 Å². The van der Waals surface area contributed by atoms with Gasteiger partial charge in [0, 0.05) is 24.0 Å². The van der Waals surface area contributed by atoms with E-state index in [-0.39, 0.29) is 24.5 Å². The second kappa shape index (κ2) is 8.06. The van der Waals surface area contributed by atoms with E-state index in [0.717, 1.165) is 11.1 Å². The SMILES string of the molecule is Cc1ccc(C(=O)NNC(=O)CCC(=O)c2ccccc2)c(C)c1. The van der Waals surface area contributed by atoms with E-state index < -0.39 is 5.91 Å². The van der Waals surface area contributed by atoms with Crippen LogP contribution >= 0.6 is 0 Å². The van der Waals surface area contributed by atoms with Crippen LogP contribution in [0.1, 0.15) is 44.7 Å². The summed E-state index contributed by atoms with van der Waals surface area (Å²) in [5.41, 5.74) is 7.68. The molecule has 0 saturated carbocycles. The molecule has 2 amide bonds. The average Bonchev–Trinajstić information content (AvgIpc) is 2.58. The molecule has 0 aromatic heterocycles. The summed E-state index contributed by atoms with van der Waals surface area (Å²) in [6.45, 7) is 3.78. The Hall–Kier alpha value is -2.95. The predicted octanol–water partition coefficient (Wildman–Crippen LogP) is 2.73. The van der Waals surface area contributed by atoms with E-state index in [0.29, 0.717) is 11.1 Å². The maximum absolute atomic E-state index is 12.0. The quantitative estimate of drug-likeness (QED) is 0.656. The third-order valence-electron chi connectivity index (χ3n) is 3.62. The molecule has 124 valence electrons. The summed E-state index contributed by atoms with van der Waals surface area (Å²) in [5, 5.41) is 0. The smallest absolute Gasteiger partial charge is 0.269 e. The van der Waals surface area contributed by atoms with Gasteiger partial charge in [-0.25, -0.2) is 0 Å². The van der Waals surface area contributed by atoms with Crippen molar-refractivity contribution in [2.45, 2.75) is 26.7 Å². The molecule has 0 radical (unpaired) electrons. The van der Waals surface area contributed by atoms with Gasteiger partial charge < -0.3 is 0 Å². The first-order valence-electron chi connectivity index (χ1n) is 7.72. The molecule has 0 saturated heterocycles. The lowest BCUT2D eigenvalue weighted by Crippen LogP contribution is -2.41. The van der Waals surface area contributed by atoms with Crippen molar-refractivity contribution in [2.24, 2.45) is 0 Å². The molecule has 2 aromatic rings. The molecule has 5 heteroatoms. The van der Waals surface area contributed by atoms with Crippen LogP contribution in [0, 0.1) is 13.8 Å². The molecule has 2 aromatic carbocycles. The summed E-state index contributed by atoms with van der Waals surface area (Å²) in [4.78, 5) is 35.7. The molecule has 0 aliphatic carbocycles. The molecule has 0 atom stereocenters. The van der Waals surface area contributed by atoms with Gasteiger partial charge in [-0.3, -0.25) is 25.2 Å². The fraction of sp³-hybridized carbons (Fsp3) is 0.211. The largest absolute Gasteiger partial charge is 0.294 e. The van der Waals surface area contributed by atoms with Crippen molar-refractivity contribution in [1.82, 2.24) is 10.9 Å². The van der Waals surface area contributed by atoms with E-state index in [1.807, 2.05) is 32.0 Å². The predicted molar refractivity (Wildman–Crippen MR) is 91.5 cm³/mol. The lowest BCUT2D eigenvalue weighted by molar-refractivity contribution is -0.121. The maximum Gasteiger partial charge on any atom is 0.269 e. The standard InChI is InChI=1S/C19H20N2O3/c1-13-8-9-16(14(2)12-13)19(24)21-20-18(23)11-10-17(22)15-6-4-3-5-7-15/h3-9,12H,10-11H2,1-2H3,(H,20,23)(H,21,24). The molecule has 0 bridgehead atoms. The summed E-state index contributed by atoms with van der Waals surface area (Å²) in [6.07, 6.45) is 0.107. The van der Waals surface area contributed by atoms with E-state index in [9.17, 15) is 14.4 Å². The Kier molecular flexibility index (Phi) is 5.84. The number of nitrogens with one attached hydrogen (secondary N) is 2. The van der Waals surface area contributed by atoms with Gasteiger partial charge in [0.15, 0.2) is 5.78 Å². The zero-order valence-electron chi connectivity index (χ0n) is 13.8. The van der Waals surface area contributed by atoms with Crippen LogP contribution in [0.3, 0.4) is 0 Å². The van der Waals surface area contributed by atoms with E-state index in [1.54, 1.807) is 30.3 Å². The topological polar surface area (TPSA) is 75.3 Å². The average molecular weight is 324 g/mol. The van der Waals surface area contributed by atoms with Crippen LogP contribution in [0.2, 0.25) is 0 Å². The van der Waals surface area contributed by atoms with Crippen LogP contribution in [-0.2, 0) is 4.79 Å². The zero-order valence-corrected chi connectivity index (χ0v) is 13.8. The summed E-state index contributed by atoms with van der Waals surface area (Å²) in [5.74, 6) is -0.890. The van der Waals surface area contributed by atoms with Crippen LogP contribution < -0.4 is 10.9 Å². The molecule has 0 aliphatic heterocycles. The van der Waals surface area contributed by atoms with Gasteiger partial charge in [-0.2, -0.15) is 0 Å². The number of aryl methyl sites for hydroxylation is 2. The number of carbonyl (C=O) groups is 3.